The molecule has 5 atom stereocenters. The standard InChI is InChI=1S/C16H18O5/c17-15-10-6-5-9-7-19-12-3-1-2-4-13(12)20-8-11(9)14(10)16(18)21-15/h1-2,5,10-14H,3-4,6-8H2/t10?,11?,12-,13+,14?/m0/s1. The quantitative estimate of drug-likeness (QED) is 0.383. The SMILES string of the molecule is O=C1OC(=O)C2C1CC=C1CO[C@H]3CC=CC[C@H]3OCC12. The first-order chi connectivity index (χ1) is 10.2. The second kappa shape index (κ2) is 5.07. The molecule has 0 saturated carbocycles. The summed E-state index contributed by atoms with van der Waals surface area (Å²) in [6, 6.07) is 0. The second-order valence-corrected chi connectivity index (χ2v) is 6.16. The Morgan fingerprint density at radius 3 is 2.48 bits per heavy atom. The fourth-order valence-corrected chi connectivity index (χ4v) is 3.82. The molecule has 2 heterocycles. The Morgan fingerprint density at radius 1 is 0.905 bits per heavy atom. The number of hydrogen-bond acceptors (Lipinski definition) is 5. The largest absolute Gasteiger partial charge is 0.393 e. The van der Waals surface area contributed by atoms with Gasteiger partial charge in [0.2, 0.25) is 0 Å². The molecule has 0 bridgehead atoms. The summed E-state index contributed by atoms with van der Waals surface area (Å²) < 4.78 is 16.8. The van der Waals surface area contributed by atoms with E-state index in [4.69, 9.17) is 14.2 Å². The van der Waals surface area contributed by atoms with E-state index >= 15 is 0 Å². The molecule has 2 aliphatic heterocycles. The van der Waals surface area contributed by atoms with Gasteiger partial charge in [-0.15, -0.1) is 0 Å². The van der Waals surface area contributed by atoms with Crippen LogP contribution in [-0.4, -0.2) is 37.4 Å². The molecule has 4 aliphatic rings. The van der Waals surface area contributed by atoms with Crippen molar-refractivity contribution in [3.8, 4) is 0 Å². The van der Waals surface area contributed by atoms with Crippen LogP contribution in [0.15, 0.2) is 23.8 Å². The Labute approximate surface area is 122 Å². The molecule has 2 saturated heterocycles. The van der Waals surface area contributed by atoms with Crippen LogP contribution in [0.25, 0.3) is 0 Å². The maximum Gasteiger partial charge on any atom is 0.318 e. The summed E-state index contributed by atoms with van der Waals surface area (Å²) in [5.41, 5.74) is 1.08. The normalized spacial score (nSPS) is 42.1. The average Bonchev–Trinajstić information content (AvgIpc) is 2.76. The molecule has 0 aromatic rings. The number of hydrogen-bond donors (Lipinski definition) is 0. The van der Waals surface area contributed by atoms with Gasteiger partial charge in [-0.3, -0.25) is 9.59 Å². The highest BCUT2D eigenvalue weighted by atomic mass is 16.6. The number of carbonyl (C=O) groups excluding carboxylic acids is 2. The van der Waals surface area contributed by atoms with Crippen LogP contribution >= 0.6 is 0 Å². The first-order valence-corrected chi connectivity index (χ1v) is 7.56. The predicted molar refractivity (Wildman–Crippen MR) is 72.1 cm³/mol. The molecular weight excluding hydrogens is 272 g/mol. The van der Waals surface area contributed by atoms with Crippen molar-refractivity contribution in [2.24, 2.45) is 17.8 Å². The van der Waals surface area contributed by atoms with Gasteiger partial charge in [-0.1, -0.05) is 18.2 Å². The van der Waals surface area contributed by atoms with Crippen LogP contribution < -0.4 is 0 Å². The summed E-state index contributed by atoms with van der Waals surface area (Å²) in [6.45, 7) is 0.988. The highest BCUT2D eigenvalue weighted by Crippen LogP contribution is 2.42. The van der Waals surface area contributed by atoms with E-state index in [2.05, 4.69) is 12.2 Å². The van der Waals surface area contributed by atoms with Crippen molar-refractivity contribution >= 4 is 11.9 Å². The lowest BCUT2D eigenvalue weighted by atomic mass is 9.73. The summed E-state index contributed by atoms with van der Waals surface area (Å²) in [7, 11) is 0. The molecule has 0 aromatic heterocycles. The average molecular weight is 290 g/mol. The molecule has 0 aromatic carbocycles. The minimum absolute atomic E-state index is 0.0463. The van der Waals surface area contributed by atoms with Crippen LogP contribution in [0, 0.1) is 17.8 Å². The van der Waals surface area contributed by atoms with Crippen molar-refractivity contribution in [3.63, 3.8) is 0 Å². The van der Waals surface area contributed by atoms with Crippen LogP contribution in [0.5, 0.6) is 0 Å². The van der Waals surface area contributed by atoms with Crippen molar-refractivity contribution < 1.29 is 23.8 Å². The Hall–Kier alpha value is -1.46. The maximum atomic E-state index is 12.0. The molecule has 112 valence electrons. The van der Waals surface area contributed by atoms with E-state index in [0.29, 0.717) is 19.6 Å². The summed E-state index contributed by atoms with van der Waals surface area (Å²) in [5, 5.41) is 0. The molecule has 2 aliphatic carbocycles. The van der Waals surface area contributed by atoms with Gasteiger partial charge in [0.25, 0.3) is 0 Å². The molecule has 4 rings (SSSR count). The third-order valence-corrected chi connectivity index (χ3v) is 5.03. The Kier molecular flexibility index (Phi) is 3.19. The summed E-state index contributed by atoms with van der Waals surface area (Å²) in [4.78, 5) is 23.7. The zero-order chi connectivity index (χ0) is 14.4. The fourth-order valence-electron chi connectivity index (χ4n) is 3.82. The fraction of sp³-hybridized carbons (Fsp3) is 0.625. The topological polar surface area (TPSA) is 61.8 Å². The van der Waals surface area contributed by atoms with E-state index in [9.17, 15) is 9.59 Å². The van der Waals surface area contributed by atoms with Gasteiger partial charge in [-0.2, -0.15) is 0 Å². The molecule has 2 fully saturated rings. The monoisotopic (exact) mass is 290 g/mol. The summed E-state index contributed by atoms with van der Waals surface area (Å²) >= 11 is 0. The number of ether oxygens (including phenoxy) is 3. The van der Waals surface area contributed by atoms with E-state index in [1.54, 1.807) is 0 Å². The number of rotatable bonds is 0. The lowest BCUT2D eigenvalue weighted by molar-refractivity contribution is -0.154. The minimum atomic E-state index is -0.398. The number of cyclic esters (lactones) is 2. The smallest absolute Gasteiger partial charge is 0.318 e. The molecule has 0 amide bonds. The number of carbonyl (C=O) groups is 2. The van der Waals surface area contributed by atoms with E-state index < -0.39 is 11.9 Å². The summed E-state index contributed by atoms with van der Waals surface area (Å²) in [6.07, 6.45) is 8.69. The maximum absolute atomic E-state index is 12.0. The molecule has 5 nitrogen and oxygen atoms in total. The summed E-state index contributed by atoms with van der Waals surface area (Å²) in [5.74, 6) is -1.60. The van der Waals surface area contributed by atoms with Crippen LogP contribution in [0.4, 0.5) is 0 Å². The Morgan fingerprint density at radius 2 is 1.67 bits per heavy atom. The highest BCUT2D eigenvalue weighted by Gasteiger charge is 2.51. The number of fused-ring (bicyclic) bond motifs is 4. The van der Waals surface area contributed by atoms with Crippen LogP contribution in [0.1, 0.15) is 19.3 Å². The van der Waals surface area contributed by atoms with E-state index in [0.717, 1.165) is 18.4 Å². The van der Waals surface area contributed by atoms with Gasteiger partial charge in [-0.25, -0.2) is 0 Å². The van der Waals surface area contributed by atoms with Crippen molar-refractivity contribution in [1.82, 2.24) is 0 Å². The van der Waals surface area contributed by atoms with Crippen LogP contribution in [0.3, 0.4) is 0 Å². The highest BCUT2D eigenvalue weighted by molar-refractivity contribution is 5.97. The Balaban J connectivity index is 1.59. The van der Waals surface area contributed by atoms with Gasteiger partial charge in [0.05, 0.1) is 37.3 Å². The lowest BCUT2D eigenvalue weighted by Crippen LogP contribution is -2.42. The third-order valence-electron chi connectivity index (χ3n) is 5.03. The second-order valence-electron chi connectivity index (χ2n) is 6.16. The zero-order valence-electron chi connectivity index (χ0n) is 11.7. The first-order valence-electron chi connectivity index (χ1n) is 7.56. The van der Waals surface area contributed by atoms with Gasteiger partial charge in [0.1, 0.15) is 0 Å². The molecular formula is C16H18O5. The van der Waals surface area contributed by atoms with Crippen LogP contribution in [0.2, 0.25) is 0 Å². The van der Waals surface area contributed by atoms with E-state index in [1.807, 2.05) is 6.08 Å². The number of esters is 2. The van der Waals surface area contributed by atoms with Gasteiger partial charge >= 0.3 is 11.9 Å². The van der Waals surface area contributed by atoms with Gasteiger partial charge in [0.15, 0.2) is 0 Å². The Bertz CT molecular complexity index is 535. The van der Waals surface area contributed by atoms with Crippen molar-refractivity contribution in [3.05, 3.63) is 23.8 Å². The number of allylic oxidation sites excluding steroid dienone is 1. The molecule has 0 radical (unpaired) electrons. The van der Waals surface area contributed by atoms with Crippen LogP contribution in [-0.2, 0) is 23.8 Å². The van der Waals surface area contributed by atoms with E-state index in [-0.39, 0.29) is 30.0 Å². The van der Waals surface area contributed by atoms with Crippen molar-refractivity contribution in [2.45, 2.75) is 31.5 Å². The molecule has 0 N–H and O–H groups in total. The minimum Gasteiger partial charge on any atom is -0.393 e. The molecule has 5 heteroatoms. The van der Waals surface area contributed by atoms with Gasteiger partial charge in [-0.05, 0) is 24.8 Å². The van der Waals surface area contributed by atoms with Crippen molar-refractivity contribution in [2.75, 3.05) is 13.2 Å². The van der Waals surface area contributed by atoms with Gasteiger partial charge in [0, 0.05) is 5.92 Å². The third kappa shape index (κ3) is 2.15. The lowest BCUT2D eigenvalue weighted by Gasteiger charge is -2.38. The molecule has 21 heavy (non-hydrogen) atoms. The zero-order valence-corrected chi connectivity index (χ0v) is 11.7. The predicted octanol–water partition coefficient (Wildman–Crippen LogP) is 1.38. The molecule has 0 spiro atoms. The first kappa shape index (κ1) is 13.2. The van der Waals surface area contributed by atoms with Gasteiger partial charge < -0.3 is 14.2 Å². The van der Waals surface area contributed by atoms with Crippen molar-refractivity contribution in [1.29, 1.82) is 0 Å². The molecule has 3 unspecified atom stereocenters. The van der Waals surface area contributed by atoms with E-state index in [1.165, 1.54) is 0 Å².